The third kappa shape index (κ3) is 4.79. The molecule has 10 heteroatoms. The van der Waals surface area contributed by atoms with E-state index in [2.05, 4.69) is 48.9 Å². The van der Waals surface area contributed by atoms with Gasteiger partial charge in [0, 0.05) is 27.0 Å². The maximum absolute atomic E-state index is 14.3. The van der Waals surface area contributed by atoms with E-state index in [1.807, 2.05) is 31.4 Å². The monoisotopic (exact) mass is 554 g/mol. The molecule has 4 rings (SSSR count). The van der Waals surface area contributed by atoms with Gasteiger partial charge in [-0.3, -0.25) is 4.79 Å². The molecule has 0 spiro atoms. The van der Waals surface area contributed by atoms with Crippen molar-refractivity contribution in [3.05, 3.63) is 33.2 Å². The lowest BCUT2D eigenvalue weighted by molar-refractivity contribution is -0.122. The Morgan fingerprint density at radius 1 is 1.39 bits per heavy atom. The van der Waals surface area contributed by atoms with Crippen molar-refractivity contribution in [2.45, 2.75) is 68.3 Å². The summed E-state index contributed by atoms with van der Waals surface area (Å²) in [5.74, 6) is 0.233. The highest BCUT2D eigenvalue weighted by atomic mass is 127. The molecule has 1 aliphatic carbocycles. The third-order valence-electron chi connectivity index (χ3n) is 5.00. The molecule has 0 bridgehead atoms. The number of nitrogens with zero attached hydrogens (tertiary/aromatic N) is 4. The Labute approximate surface area is 197 Å². The molecule has 31 heavy (non-hydrogen) atoms. The minimum absolute atomic E-state index is 0.0558. The fourth-order valence-corrected chi connectivity index (χ4v) is 5.47. The summed E-state index contributed by atoms with van der Waals surface area (Å²) in [5, 5.41) is 3.62. The SMILES string of the molecule is CC(C)(C)NC(=O)CCn1c(Sc2cc3c(cc2I)CCC3F)nc2c(N)ncnc21. The lowest BCUT2D eigenvalue weighted by atomic mass is 10.1. The molecule has 1 atom stereocenters. The first-order chi connectivity index (χ1) is 14.6. The fourth-order valence-electron chi connectivity index (χ4n) is 3.64. The van der Waals surface area contributed by atoms with Crippen LogP contribution in [0.25, 0.3) is 11.2 Å². The number of anilines is 1. The van der Waals surface area contributed by atoms with Crippen LogP contribution in [0.4, 0.5) is 10.2 Å². The van der Waals surface area contributed by atoms with Gasteiger partial charge in [0.05, 0.1) is 0 Å². The topological polar surface area (TPSA) is 98.7 Å². The summed E-state index contributed by atoms with van der Waals surface area (Å²) in [6.45, 7) is 6.23. The Morgan fingerprint density at radius 2 is 2.16 bits per heavy atom. The molecule has 1 aliphatic rings. The van der Waals surface area contributed by atoms with Crippen LogP contribution in [0.1, 0.15) is 50.9 Å². The number of alkyl halides is 1. The van der Waals surface area contributed by atoms with Gasteiger partial charge in [0.1, 0.15) is 12.5 Å². The van der Waals surface area contributed by atoms with Gasteiger partial charge in [0.2, 0.25) is 5.91 Å². The van der Waals surface area contributed by atoms with E-state index in [4.69, 9.17) is 5.73 Å². The van der Waals surface area contributed by atoms with Gasteiger partial charge in [-0.15, -0.1) is 0 Å². The van der Waals surface area contributed by atoms with Crippen molar-refractivity contribution < 1.29 is 9.18 Å². The number of nitrogens with two attached hydrogens (primary N) is 1. The lowest BCUT2D eigenvalue weighted by Crippen LogP contribution is -2.40. The maximum atomic E-state index is 14.3. The van der Waals surface area contributed by atoms with Crippen LogP contribution in [-0.4, -0.2) is 31.0 Å². The summed E-state index contributed by atoms with van der Waals surface area (Å²) < 4.78 is 17.2. The van der Waals surface area contributed by atoms with Crippen LogP contribution in [0.15, 0.2) is 28.5 Å². The molecule has 7 nitrogen and oxygen atoms in total. The van der Waals surface area contributed by atoms with Gasteiger partial charge in [-0.05, 0) is 79.5 Å². The smallest absolute Gasteiger partial charge is 0.222 e. The summed E-state index contributed by atoms with van der Waals surface area (Å²) >= 11 is 3.70. The third-order valence-corrected chi connectivity index (χ3v) is 7.31. The molecule has 1 aromatic carbocycles. The molecule has 1 amide bonds. The Morgan fingerprint density at radius 3 is 2.90 bits per heavy atom. The number of aryl methyl sites for hydroxylation is 2. The number of fused-ring (bicyclic) bond motifs is 2. The number of benzene rings is 1. The van der Waals surface area contributed by atoms with Crippen LogP contribution < -0.4 is 11.1 Å². The molecule has 1 unspecified atom stereocenters. The van der Waals surface area contributed by atoms with Crippen LogP contribution >= 0.6 is 34.4 Å². The van der Waals surface area contributed by atoms with Crippen molar-refractivity contribution in [3.8, 4) is 0 Å². The highest BCUT2D eigenvalue weighted by Gasteiger charge is 2.25. The number of amides is 1. The lowest BCUT2D eigenvalue weighted by Gasteiger charge is -2.20. The normalized spacial score (nSPS) is 16.0. The number of carbonyl (C=O) groups excluding carboxylic acids is 1. The molecular weight excluding hydrogens is 530 g/mol. The van der Waals surface area contributed by atoms with Crippen molar-refractivity contribution in [1.29, 1.82) is 0 Å². The molecule has 0 aliphatic heterocycles. The molecule has 0 saturated heterocycles. The Kier molecular flexibility index (Phi) is 6.12. The average molecular weight is 554 g/mol. The predicted octanol–water partition coefficient (Wildman–Crippen LogP) is 4.43. The molecule has 2 heterocycles. The number of nitrogen functional groups attached to an aromatic ring is 1. The number of imidazole rings is 1. The highest BCUT2D eigenvalue weighted by molar-refractivity contribution is 14.1. The Hall–Kier alpha value is -1.95. The quantitative estimate of drug-likeness (QED) is 0.453. The standard InChI is InChI=1S/C21H24FIN6OS/c1-21(2,3)28-16(30)6-7-29-19-17(18(24)25-10-26-19)27-20(29)31-15-9-12-11(8-14(15)23)4-5-13(12)22/h8-10,13H,4-7H2,1-3H3,(H,28,30)(H2,24,25,26). The van der Waals surface area contributed by atoms with Gasteiger partial charge < -0.3 is 15.6 Å². The van der Waals surface area contributed by atoms with Gasteiger partial charge in [-0.1, -0.05) is 11.8 Å². The van der Waals surface area contributed by atoms with Crippen molar-refractivity contribution in [3.63, 3.8) is 0 Å². The van der Waals surface area contributed by atoms with Crippen LogP contribution in [0.5, 0.6) is 0 Å². The zero-order valence-electron chi connectivity index (χ0n) is 17.6. The van der Waals surface area contributed by atoms with Crippen molar-refractivity contribution >= 4 is 57.2 Å². The highest BCUT2D eigenvalue weighted by Crippen LogP contribution is 2.41. The van der Waals surface area contributed by atoms with Crippen LogP contribution in [0.3, 0.4) is 0 Å². The van der Waals surface area contributed by atoms with Gasteiger partial charge >= 0.3 is 0 Å². The van der Waals surface area contributed by atoms with Crippen LogP contribution in [0, 0.1) is 3.57 Å². The number of hydrogen-bond acceptors (Lipinski definition) is 6. The Bertz CT molecular complexity index is 1160. The minimum Gasteiger partial charge on any atom is -0.382 e. The molecule has 0 radical (unpaired) electrons. The summed E-state index contributed by atoms with van der Waals surface area (Å²) in [5.41, 5.74) is 8.64. The van der Waals surface area contributed by atoms with Crippen molar-refractivity contribution in [1.82, 2.24) is 24.8 Å². The summed E-state index contributed by atoms with van der Waals surface area (Å²) in [7, 11) is 0. The van der Waals surface area contributed by atoms with E-state index in [0.717, 1.165) is 26.0 Å². The van der Waals surface area contributed by atoms with Crippen molar-refractivity contribution in [2.24, 2.45) is 0 Å². The van der Waals surface area contributed by atoms with Gasteiger partial charge in [-0.25, -0.2) is 19.3 Å². The molecule has 2 aromatic heterocycles. The zero-order valence-corrected chi connectivity index (χ0v) is 20.6. The maximum Gasteiger partial charge on any atom is 0.222 e. The molecule has 164 valence electrons. The number of hydrogen-bond donors (Lipinski definition) is 2. The van der Waals surface area contributed by atoms with Gasteiger partial charge in [-0.2, -0.15) is 0 Å². The zero-order chi connectivity index (χ0) is 22.3. The van der Waals surface area contributed by atoms with Crippen molar-refractivity contribution in [2.75, 3.05) is 5.73 Å². The fraction of sp³-hybridized carbons (Fsp3) is 0.429. The number of halogens is 2. The summed E-state index contributed by atoms with van der Waals surface area (Å²) in [6, 6.07) is 3.97. The molecule has 0 fully saturated rings. The van der Waals surface area contributed by atoms with Gasteiger partial charge in [0.25, 0.3) is 0 Å². The van der Waals surface area contributed by atoms with Gasteiger partial charge in [0.15, 0.2) is 22.1 Å². The van der Waals surface area contributed by atoms with Crippen LogP contribution in [0.2, 0.25) is 0 Å². The second-order valence-corrected chi connectivity index (χ2v) is 10.8. The number of aromatic nitrogens is 4. The minimum atomic E-state index is -0.923. The van der Waals surface area contributed by atoms with E-state index < -0.39 is 6.17 Å². The van der Waals surface area contributed by atoms with Crippen LogP contribution in [-0.2, 0) is 17.8 Å². The van der Waals surface area contributed by atoms with E-state index in [1.54, 1.807) is 0 Å². The number of rotatable bonds is 5. The number of nitrogens with one attached hydrogen (secondary N) is 1. The molecular formula is C21H24FIN6OS. The first kappa shape index (κ1) is 22.3. The van der Waals surface area contributed by atoms with E-state index in [-0.39, 0.29) is 23.7 Å². The van der Waals surface area contributed by atoms with E-state index in [0.29, 0.717) is 29.3 Å². The Balaban J connectivity index is 1.68. The average Bonchev–Trinajstić information content (AvgIpc) is 3.20. The predicted molar refractivity (Wildman–Crippen MR) is 128 cm³/mol. The largest absolute Gasteiger partial charge is 0.382 e. The second-order valence-electron chi connectivity index (χ2n) is 8.62. The first-order valence-electron chi connectivity index (χ1n) is 10.0. The molecule has 3 N–H and O–H groups in total. The first-order valence-corrected chi connectivity index (χ1v) is 11.9. The number of carbonyl (C=O) groups is 1. The van der Waals surface area contributed by atoms with E-state index in [9.17, 15) is 9.18 Å². The van der Waals surface area contributed by atoms with E-state index in [1.165, 1.54) is 18.1 Å². The molecule has 0 saturated carbocycles. The second kappa shape index (κ2) is 8.53. The summed E-state index contributed by atoms with van der Waals surface area (Å²) in [6.07, 6.45) is 2.05. The summed E-state index contributed by atoms with van der Waals surface area (Å²) in [4.78, 5) is 26.4. The molecule has 3 aromatic rings. The van der Waals surface area contributed by atoms with E-state index >= 15 is 0 Å².